The lowest BCUT2D eigenvalue weighted by molar-refractivity contribution is -0.119. The maximum absolute atomic E-state index is 11.0. The zero-order chi connectivity index (χ0) is 9.68. The summed E-state index contributed by atoms with van der Waals surface area (Å²) in [6.45, 7) is 4.33. The zero-order valence-electron chi connectivity index (χ0n) is 7.63. The number of aromatic nitrogens is 2. The maximum Gasteiger partial charge on any atom is 0.321 e. The molecule has 0 aromatic carbocycles. The Hall–Kier alpha value is -1.59. The van der Waals surface area contributed by atoms with Crippen molar-refractivity contribution < 1.29 is 9.32 Å². The molecule has 1 amide bonds. The minimum atomic E-state index is -0.0987. The molecule has 0 fully saturated rings. The molecule has 1 aromatic heterocycles. The Bertz CT molecular complexity index is 284. The molecular weight excluding hydrogens is 172 g/mol. The van der Waals surface area contributed by atoms with E-state index in [4.69, 9.17) is 4.52 Å². The summed E-state index contributed by atoms with van der Waals surface area (Å²) in [5.74, 6) is 0.441. The fourth-order valence-electron chi connectivity index (χ4n) is 0.784. The van der Waals surface area contributed by atoms with Crippen LogP contribution in [0.5, 0.6) is 0 Å². The first-order valence-corrected chi connectivity index (χ1v) is 4.03. The fourth-order valence-corrected chi connectivity index (χ4v) is 0.784. The molecule has 2 N–H and O–H groups in total. The molecule has 0 saturated carbocycles. The van der Waals surface area contributed by atoms with E-state index in [1.807, 2.05) is 6.92 Å². The summed E-state index contributed by atoms with van der Waals surface area (Å²) in [5, 5.41) is 8.89. The SMILES string of the molecule is CCNC(=O)CNc1nc(C)no1. The lowest BCUT2D eigenvalue weighted by Gasteiger charge is -2.00. The third-order valence-electron chi connectivity index (χ3n) is 1.30. The van der Waals surface area contributed by atoms with E-state index in [1.54, 1.807) is 6.92 Å². The van der Waals surface area contributed by atoms with Gasteiger partial charge in [-0.3, -0.25) is 4.79 Å². The van der Waals surface area contributed by atoms with Gasteiger partial charge in [0.25, 0.3) is 0 Å². The summed E-state index contributed by atoms with van der Waals surface area (Å²) in [5.41, 5.74) is 0. The Labute approximate surface area is 75.7 Å². The number of rotatable bonds is 4. The summed E-state index contributed by atoms with van der Waals surface area (Å²) in [7, 11) is 0. The van der Waals surface area contributed by atoms with Crippen molar-refractivity contribution >= 4 is 11.9 Å². The van der Waals surface area contributed by atoms with Gasteiger partial charge in [-0.1, -0.05) is 5.16 Å². The van der Waals surface area contributed by atoms with E-state index in [0.29, 0.717) is 12.4 Å². The van der Waals surface area contributed by atoms with E-state index in [0.717, 1.165) is 0 Å². The van der Waals surface area contributed by atoms with Crippen molar-refractivity contribution in [2.75, 3.05) is 18.4 Å². The molecule has 0 saturated heterocycles. The van der Waals surface area contributed by atoms with Gasteiger partial charge in [-0.2, -0.15) is 4.98 Å². The lowest BCUT2D eigenvalue weighted by Crippen LogP contribution is -2.29. The summed E-state index contributed by atoms with van der Waals surface area (Å²) < 4.78 is 4.74. The van der Waals surface area contributed by atoms with Crippen LogP contribution in [0.2, 0.25) is 0 Å². The van der Waals surface area contributed by atoms with Crippen molar-refractivity contribution in [2.24, 2.45) is 0 Å². The first-order valence-electron chi connectivity index (χ1n) is 4.03. The van der Waals surface area contributed by atoms with Gasteiger partial charge in [-0.15, -0.1) is 0 Å². The standard InChI is InChI=1S/C7H12N4O2/c1-3-8-6(12)4-9-7-10-5(2)11-13-7/h3-4H2,1-2H3,(H,8,12)(H,9,10,11). The molecule has 0 bridgehead atoms. The van der Waals surface area contributed by atoms with Crippen molar-refractivity contribution in [1.82, 2.24) is 15.5 Å². The second-order valence-corrected chi connectivity index (χ2v) is 2.45. The second kappa shape index (κ2) is 4.44. The third kappa shape index (κ3) is 3.10. The summed E-state index contributed by atoms with van der Waals surface area (Å²) in [4.78, 5) is 14.8. The Morgan fingerprint density at radius 2 is 2.38 bits per heavy atom. The molecule has 1 heterocycles. The highest BCUT2D eigenvalue weighted by Crippen LogP contribution is 2.00. The number of likely N-dealkylation sites (N-methyl/N-ethyl adjacent to an activating group) is 1. The highest BCUT2D eigenvalue weighted by atomic mass is 16.5. The number of amides is 1. The molecule has 0 radical (unpaired) electrons. The molecule has 1 aromatic rings. The molecule has 0 unspecified atom stereocenters. The molecule has 0 aliphatic carbocycles. The smallest absolute Gasteiger partial charge is 0.321 e. The van der Waals surface area contributed by atoms with Crippen LogP contribution >= 0.6 is 0 Å². The summed E-state index contributed by atoms with van der Waals surface area (Å²) in [6.07, 6.45) is 0. The molecule has 6 nitrogen and oxygen atoms in total. The molecular formula is C7H12N4O2. The van der Waals surface area contributed by atoms with Gasteiger partial charge < -0.3 is 15.2 Å². The van der Waals surface area contributed by atoms with Gasteiger partial charge in [0.15, 0.2) is 5.82 Å². The van der Waals surface area contributed by atoms with Crippen molar-refractivity contribution in [3.8, 4) is 0 Å². The van der Waals surface area contributed by atoms with Crippen LogP contribution in [-0.4, -0.2) is 29.1 Å². The number of carbonyl (C=O) groups is 1. The number of carbonyl (C=O) groups excluding carboxylic acids is 1. The van der Waals surface area contributed by atoms with E-state index >= 15 is 0 Å². The number of hydrogen-bond donors (Lipinski definition) is 2. The molecule has 0 aliphatic rings. The minimum absolute atomic E-state index is 0.0987. The average molecular weight is 184 g/mol. The van der Waals surface area contributed by atoms with Gasteiger partial charge in [0.2, 0.25) is 5.91 Å². The van der Waals surface area contributed by atoms with Gasteiger partial charge in [-0.25, -0.2) is 0 Å². The van der Waals surface area contributed by atoms with Crippen LogP contribution in [0.1, 0.15) is 12.7 Å². The fraction of sp³-hybridized carbons (Fsp3) is 0.571. The lowest BCUT2D eigenvalue weighted by atomic mass is 10.5. The number of anilines is 1. The first-order chi connectivity index (χ1) is 6.22. The van der Waals surface area contributed by atoms with Crippen molar-refractivity contribution in [2.45, 2.75) is 13.8 Å². The van der Waals surface area contributed by atoms with Gasteiger partial charge in [-0.05, 0) is 13.8 Å². The van der Waals surface area contributed by atoms with E-state index in [-0.39, 0.29) is 18.5 Å². The van der Waals surface area contributed by atoms with E-state index in [2.05, 4.69) is 20.8 Å². The van der Waals surface area contributed by atoms with Crippen LogP contribution in [0.25, 0.3) is 0 Å². The highest BCUT2D eigenvalue weighted by Gasteiger charge is 2.03. The number of aryl methyl sites for hydroxylation is 1. The number of hydrogen-bond acceptors (Lipinski definition) is 5. The van der Waals surface area contributed by atoms with Crippen LogP contribution in [0.4, 0.5) is 6.01 Å². The summed E-state index contributed by atoms with van der Waals surface area (Å²) >= 11 is 0. The Morgan fingerprint density at radius 1 is 1.62 bits per heavy atom. The number of nitrogens with one attached hydrogen (secondary N) is 2. The zero-order valence-corrected chi connectivity index (χ0v) is 7.63. The van der Waals surface area contributed by atoms with Gasteiger partial charge in [0, 0.05) is 6.54 Å². The van der Waals surface area contributed by atoms with Crippen molar-refractivity contribution in [3.63, 3.8) is 0 Å². The largest absolute Gasteiger partial charge is 0.355 e. The predicted molar refractivity (Wildman–Crippen MR) is 46.2 cm³/mol. The van der Waals surface area contributed by atoms with Crippen LogP contribution in [0.3, 0.4) is 0 Å². The average Bonchev–Trinajstić information content (AvgIpc) is 2.49. The highest BCUT2D eigenvalue weighted by molar-refractivity contribution is 5.79. The third-order valence-corrected chi connectivity index (χ3v) is 1.30. The Morgan fingerprint density at radius 3 is 2.92 bits per heavy atom. The van der Waals surface area contributed by atoms with Crippen LogP contribution in [0, 0.1) is 6.92 Å². The van der Waals surface area contributed by atoms with Crippen molar-refractivity contribution in [3.05, 3.63) is 5.82 Å². The van der Waals surface area contributed by atoms with Gasteiger partial charge >= 0.3 is 6.01 Å². The van der Waals surface area contributed by atoms with Gasteiger partial charge in [0.1, 0.15) is 0 Å². The van der Waals surface area contributed by atoms with Crippen molar-refractivity contribution in [1.29, 1.82) is 0 Å². The summed E-state index contributed by atoms with van der Waals surface area (Å²) in [6, 6.07) is 0.267. The van der Waals surface area contributed by atoms with E-state index in [9.17, 15) is 4.79 Å². The molecule has 1 rings (SSSR count). The van der Waals surface area contributed by atoms with Crippen LogP contribution in [0.15, 0.2) is 4.52 Å². The van der Waals surface area contributed by atoms with Gasteiger partial charge in [0.05, 0.1) is 6.54 Å². The number of nitrogens with zero attached hydrogens (tertiary/aromatic N) is 2. The quantitative estimate of drug-likeness (QED) is 0.684. The molecule has 0 aliphatic heterocycles. The van der Waals surface area contributed by atoms with Crippen LogP contribution in [-0.2, 0) is 4.79 Å². The second-order valence-electron chi connectivity index (χ2n) is 2.45. The predicted octanol–water partition coefficient (Wildman–Crippen LogP) is -0.0740. The maximum atomic E-state index is 11.0. The molecule has 0 spiro atoms. The normalized spacial score (nSPS) is 9.69. The first kappa shape index (κ1) is 9.50. The molecule has 6 heteroatoms. The molecule has 72 valence electrons. The Balaban J connectivity index is 2.30. The van der Waals surface area contributed by atoms with E-state index < -0.39 is 0 Å². The minimum Gasteiger partial charge on any atom is -0.355 e. The Kier molecular flexibility index (Phi) is 3.24. The molecule has 13 heavy (non-hydrogen) atoms. The topological polar surface area (TPSA) is 80.0 Å². The van der Waals surface area contributed by atoms with Crippen LogP contribution < -0.4 is 10.6 Å². The van der Waals surface area contributed by atoms with E-state index in [1.165, 1.54) is 0 Å². The molecule has 0 atom stereocenters. The monoisotopic (exact) mass is 184 g/mol.